The summed E-state index contributed by atoms with van der Waals surface area (Å²) in [5.74, 6) is 0.405. The lowest BCUT2D eigenvalue weighted by Crippen LogP contribution is -2.42. The average Bonchev–Trinajstić information content (AvgIpc) is 3.10. The first kappa shape index (κ1) is 31.9. The fourth-order valence-electron chi connectivity index (χ4n) is 6.15. The molecule has 0 aromatic heterocycles. The van der Waals surface area contributed by atoms with E-state index < -0.39 is 17.9 Å². The highest BCUT2D eigenvalue weighted by molar-refractivity contribution is 6.31. The molecule has 5 aromatic rings. The summed E-state index contributed by atoms with van der Waals surface area (Å²) in [4.78, 5) is 25.8. The first-order valence-electron chi connectivity index (χ1n) is 16.0. The van der Waals surface area contributed by atoms with Crippen molar-refractivity contribution < 1.29 is 19.4 Å². The highest BCUT2D eigenvalue weighted by atomic mass is 35.5. The number of aliphatic carboxylic acids is 1. The molecule has 1 atom stereocenters. The SMILES string of the molecule is O=C(N[C@@H](Cc1ccc(-c2ccccc2Oc2ccccc2)cc1)C(=O)O)c1cc(Cl)ccc1Nc1ccc(C2CCCCC2)cc1. The van der Waals surface area contributed by atoms with Crippen LogP contribution >= 0.6 is 11.6 Å². The minimum Gasteiger partial charge on any atom is -0.480 e. The number of para-hydroxylation sites is 2. The highest BCUT2D eigenvalue weighted by Crippen LogP contribution is 2.35. The number of anilines is 2. The molecule has 6 nitrogen and oxygen atoms in total. The Bertz CT molecular complexity index is 1820. The molecule has 3 N–H and O–H groups in total. The molecule has 1 aliphatic rings. The van der Waals surface area contributed by atoms with Gasteiger partial charge in [-0.15, -0.1) is 0 Å². The van der Waals surface area contributed by atoms with E-state index in [0.717, 1.165) is 28.1 Å². The van der Waals surface area contributed by atoms with Crippen LogP contribution in [-0.2, 0) is 11.2 Å². The third-order valence-electron chi connectivity index (χ3n) is 8.66. The van der Waals surface area contributed by atoms with Crippen LogP contribution < -0.4 is 15.4 Å². The Morgan fingerprint density at radius 1 is 0.809 bits per heavy atom. The summed E-state index contributed by atoms with van der Waals surface area (Å²) >= 11 is 6.29. The predicted octanol–water partition coefficient (Wildman–Crippen LogP) is 10.0. The Hall–Kier alpha value is -5.07. The smallest absolute Gasteiger partial charge is 0.326 e. The predicted molar refractivity (Wildman–Crippen MR) is 188 cm³/mol. The van der Waals surface area contributed by atoms with E-state index >= 15 is 0 Å². The summed E-state index contributed by atoms with van der Waals surface area (Å²) in [6.07, 6.45) is 6.41. The number of ether oxygens (including phenoxy) is 1. The number of hydrogen-bond acceptors (Lipinski definition) is 4. The van der Waals surface area contributed by atoms with E-state index in [-0.39, 0.29) is 12.0 Å². The van der Waals surface area contributed by atoms with Gasteiger partial charge in [0.05, 0.1) is 11.3 Å². The third kappa shape index (κ3) is 8.21. The molecule has 0 saturated heterocycles. The van der Waals surface area contributed by atoms with Crippen LogP contribution in [0.5, 0.6) is 11.5 Å². The van der Waals surface area contributed by atoms with Crippen molar-refractivity contribution >= 4 is 34.9 Å². The van der Waals surface area contributed by atoms with Crippen LogP contribution in [0.2, 0.25) is 5.02 Å². The summed E-state index contributed by atoms with van der Waals surface area (Å²) in [5.41, 5.74) is 5.60. The monoisotopic (exact) mass is 644 g/mol. The van der Waals surface area contributed by atoms with Crippen LogP contribution in [-0.4, -0.2) is 23.0 Å². The molecular formula is C40H37ClN2O4. The lowest BCUT2D eigenvalue weighted by atomic mass is 9.84. The minimum absolute atomic E-state index is 0.107. The van der Waals surface area contributed by atoms with Gasteiger partial charge in [0.2, 0.25) is 0 Å². The summed E-state index contributed by atoms with van der Waals surface area (Å²) in [6.45, 7) is 0. The van der Waals surface area contributed by atoms with Gasteiger partial charge in [-0.25, -0.2) is 4.79 Å². The van der Waals surface area contributed by atoms with E-state index in [1.54, 1.807) is 18.2 Å². The van der Waals surface area contributed by atoms with Gasteiger partial charge in [0, 0.05) is 22.7 Å². The van der Waals surface area contributed by atoms with Crippen LogP contribution in [0.3, 0.4) is 0 Å². The number of nitrogens with one attached hydrogen (secondary N) is 2. The number of carbonyl (C=O) groups is 2. The van der Waals surface area contributed by atoms with E-state index in [1.165, 1.54) is 37.7 Å². The van der Waals surface area contributed by atoms with E-state index in [9.17, 15) is 14.7 Å². The van der Waals surface area contributed by atoms with Gasteiger partial charge in [-0.3, -0.25) is 4.79 Å². The minimum atomic E-state index is -1.15. The van der Waals surface area contributed by atoms with Crippen molar-refractivity contribution in [1.29, 1.82) is 0 Å². The molecule has 5 aromatic carbocycles. The Kier molecular flexibility index (Phi) is 10.2. The molecule has 0 unspecified atom stereocenters. The molecule has 0 aliphatic heterocycles. The average molecular weight is 645 g/mol. The topological polar surface area (TPSA) is 87.7 Å². The highest BCUT2D eigenvalue weighted by Gasteiger charge is 2.23. The fourth-order valence-corrected chi connectivity index (χ4v) is 6.32. The Morgan fingerprint density at radius 3 is 2.23 bits per heavy atom. The molecule has 0 bridgehead atoms. The van der Waals surface area contributed by atoms with E-state index in [2.05, 4.69) is 22.8 Å². The van der Waals surface area contributed by atoms with Gasteiger partial charge < -0.3 is 20.5 Å². The molecule has 7 heteroatoms. The number of carbonyl (C=O) groups excluding carboxylic acids is 1. The maximum atomic E-state index is 13.5. The Labute approximate surface area is 280 Å². The number of halogens is 1. The Balaban J connectivity index is 1.14. The zero-order chi connectivity index (χ0) is 32.6. The first-order valence-corrected chi connectivity index (χ1v) is 16.4. The molecule has 1 fully saturated rings. The normalized spacial score (nSPS) is 13.8. The maximum Gasteiger partial charge on any atom is 0.326 e. The van der Waals surface area contributed by atoms with Gasteiger partial charge >= 0.3 is 5.97 Å². The maximum absolute atomic E-state index is 13.5. The standard InChI is InChI=1S/C40H37ClN2O4/c41-31-21-24-36(42-32-22-19-29(20-23-32)28-9-3-1-4-10-28)35(26-31)39(44)43-37(40(45)46)25-27-15-17-30(18-16-27)34-13-7-8-14-38(34)47-33-11-5-2-6-12-33/h2,5-8,11-24,26,28,37,42H,1,3-4,9-10,25H2,(H,43,44)(H,45,46)/t37-/m0/s1. The van der Waals surface area contributed by atoms with E-state index in [4.69, 9.17) is 16.3 Å². The molecule has 1 aliphatic carbocycles. The zero-order valence-corrected chi connectivity index (χ0v) is 26.8. The lowest BCUT2D eigenvalue weighted by Gasteiger charge is -2.22. The van der Waals surface area contributed by atoms with E-state index in [0.29, 0.717) is 22.4 Å². The van der Waals surface area contributed by atoms with Crippen molar-refractivity contribution in [3.8, 4) is 22.6 Å². The summed E-state index contributed by atoms with van der Waals surface area (Å²) in [6, 6.07) is 37.1. The van der Waals surface area contributed by atoms with Gasteiger partial charge in [-0.1, -0.05) is 104 Å². The van der Waals surface area contributed by atoms with Gasteiger partial charge in [0.1, 0.15) is 17.5 Å². The molecule has 6 rings (SSSR count). The molecule has 0 radical (unpaired) electrons. The van der Waals surface area contributed by atoms with Crippen LogP contribution in [0.1, 0.15) is 59.5 Å². The zero-order valence-electron chi connectivity index (χ0n) is 26.0. The van der Waals surface area contributed by atoms with Crippen LogP contribution in [0, 0.1) is 0 Å². The van der Waals surface area contributed by atoms with Gasteiger partial charge in [-0.05, 0) is 84.0 Å². The summed E-state index contributed by atoms with van der Waals surface area (Å²) in [7, 11) is 0. The van der Waals surface area contributed by atoms with Crippen molar-refractivity contribution in [2.24, 2.45) is 0 Å². The van der Waals surface area contributed by atoms with Crippen molar-refractivity contribution in [1.82, 2.24) is 5.32 Å². The van der Waals surface area contributed by atoms with Crippen molar-refractivity contribution in [2.75, 3.05) is 5.32 Å². The molecule has 0 heterocycles. The van der Waals surface area contributed by atoms with Gasteiger partial charge in [0.15, 0.2) is 0 Å². The Morgan fingerprint density at radius 2 is 1.51 bits per heavy atom. The van der Waals surface area contributed by atoms with Crippen LogP contribution in [0.15, 0.2) is 121 Å². The fraction of sp³-hybridized carbons (Fsp3) is 0.200. The van der Waals surface area contributed by atoms with Crippen molar-refractivity contribution in [2.45, 2.75) is 50.5 Å². The molecule has 238 valence electrons. The summed E-state index contributed by atoms with van der Waals surface area (Å²) in [5, 5.41) is 16.5. The number of amides is 1. The van der Waals surface area contributed by atoms with Crippen LogP contribution in [0.4, 0.5) is 11.4 Å². The number of carboxylic acids is 1. The van der Waals surface area contributed by atoms with Crippen molar-refractivity contribution in [3.63, 3.8) is 0 Å². The second-order valence-corrected chi connectivity index (χ2v) is 12.4. The van der Waals surface area contributed by atoms with Gasteiger partial charge in [-0.2, -0.15) is 0 Å². The quantitative estimate of drug-likeness (QED) is 0.133. The van der Waals surface area contributed by atoms with E-state index in [1.807, 2.05) is 91.0 Å². The number of carboxylic acid groups (broad SMARTS) is 1. The molecule has 1 saturated carbocycles. The molecular weight excluding hydrogens is 608 g/mol. The van der Waals surface area contributed by atoms with Crippen LogP contribution in [0.25, 0.3) is 11.1 Å². The summed E-state index contributed by atoms with van der Waals surface area (Å²) < 4.78 is 6.12. The second-order valence-electron chi connectivity index (χ2n) is 11.9. The number of benzene rings is 5. The molecule has 47 heavy (non-hydrogen) atoms. The van der Waals surface area contributed by atoms with Crippen molar-refractivity contribution in [3.05, 3.63) is 143 Å². The lowest BCUT2D eigenvalue weighted by molar-refractivity contribution is -0.139. The largest absolute Gasteiger partial charge is 0.480 e. The third-order valence-corrected chi connectivity index (χ3v) is 8.89. The molecule has 1 amide bonds. The molecule has 0 spiro atoms. The number of hydrogen-bond donors (Lipinski definition) is 3. The number of rotatable bonds is 11. The second kappa shape index (κ2) is 15.0. The van der Waals surface area contributed by atoms with Gasteiger partial charge in [0.25, 0.3) is 5.91 Å². The first-order chi connectivity index (χ1) is 22.9.